The maximum Gasteiger partial charge on any atom is 0.244 e. The molecule has 1 aromatic carbocycles. The lowest BCUT2D eigenvalue weighted by atomic mass is 10.0. The van der Waals surface area contributed by atoms with Crippen LogP contribution in [0, 0.1) is 6.92 Å². The number of hydrogen-bond donors (Lipinski definition) is 1. The molecule has 2 aromatic rings. The Labute approximate surface area is 152 Å². The summed E-state index contributed by atoms with van der Waals surface area (Å²) in [4.78, 5) is 14.2. The van der Waals surface area contributed by atoms with Crippen LogP contribution in [-0.2, 0) is 20.6 Å². The molecule has 26 heavy (non-hydrogen) atoms. The van der Waals surface area contributed by atoms with Crippen LogP contribution in [0.4, 0.5) is 0 Å². The minimum absolute atomic E-state index is 0.192. The molecule has 0 saturated carbocycles. The number of nitrogens with zero attached hydrogens (tertiary/aromatic N) is 3. The van der Waals surface area contributed by atoms with Crippen LogP contribution in [0.5, 0.6) is 0 Å². The average molecular weight is 378 g/mol. The van der Waals surface area contributed by atoms with Gasteiger partial charge in [0.2, 0.25) is 15.9 Å². The second-order valence-electron chi connectivity index (χ2n) is 6.36. The van der Waals surface area contributed by atoms with Gasteiger partial charge < -0.3 is 15.2 Å². The molecule has 0 spiro atoms. The molecule has 140 valence electrons. The molecule has 1 atom stereocenters. The highest BCUT2D eigenvalue weighted by molar-refractivity contribution is 7.88. The molecule has 2 heterocycles. The number of carbonyl (C=O) groups excluding carboxylic acids is 1. The zero-order chi connectivity index (χ0) is 18.7. The lowest BCUT2D eigenvalue weighted by Gasteiger charge is -2.35. The Morgan fingerprint density at radius 2 is 1.85 bits per heavy atom. The molecule has 3 rings (SSSR count). The van der Waals surface area contributed by atoms with Crippen molar-refractivity contribution < 1.29 is 17.7 Å². The largest absolute Gasteiger partial charge is 0.364 e. The molecule has 1 fully saturated rings. The van der Waals surface area contributed by atoms with Crippen molar-refractivity contribution in [3.05, 3.63) is 53.4 Å². The van der Waals surface area contributed by atoms with Crippen molar-refractivity contribution >= 4 is 15.9 Å². The Morgan fingerprint density at radius 1 is 1.19 bits per heavy atom. The van der Waals surface area contributed by atoms with Crippen LogP contribution < -0.4 is 5.73 Å². The van der Waals surface area contributed by atoms with Crippen LogP contribution in [0.3, 0.4) is 0 Å². The van der Waals surface area contributed by atoms with Crippen LogP contribution in [0.2, 0.25) is 0 Å². The van der Waals surface area contributed by atoms with E-state index in [1.165, 1.54) is 16.6 Å². The summed E-state index contributed by atoms with van der Waals surface area (Å²) in [6.07, 6.45) is 1.34. The number of nitrogens with two attached hydrogens (primary N) is 1. The number of aromatic nitrogens is 1. The van der Waals surface area contributed by atoms with Crippen molar-refractivity contribution in [1.29, 1.82) is 0 Å². The number of piperazine rings is 1. The van der Waals surface area contributed by atoms with E-state index in [9.17, 15) is 13.2 Å². The van der Waals surface area contributed by atoms with Gasteiger partial charge >= 0.3 is 0 Å². The maximum atomic E-state index is 12.6. The summed E-state index contributed by atoms with van der Waals surface area (Å²) in [5.74, 6) is -0.400. The van der Waals surface area contributed by atoms with Crippen molar-refractivity contribution in [1.82, 2.24) is 14.4 Å². The second-order valence-corrected chi connectivity index (χ2v) is 8.33. The molecule has 8 nitrogen and oxygen atoms in total. The second kappa shape index (κ2) is 7.56. The van der Waals surface area contributed by atoms with Gasteiger partial charge in [-0.05, 0) is 12.5 Å². The number of benzene rings is 1. The Hall–Kier alpha value is -2.23. The predicted octanol–water partition coefficient (Wildman–Crippen LogP) is 0.657. The van der Waals surface area contributed by atoms with Crippen molar-refractivity contribution in [3.8, 4) is 0 Å². The third-order valence-electron chi connectivity index (χ3n) is 4.47. The van der Waals surface area contributed by atoms with Crippen LogP contribution in [0.15, 0.2) is 41.1 Å². The predicted molar refractivity (Wildman–Crippen MR) is 95.4 cm³/mol. The van der Waals surface area contributed by atoms with E-state index in [-0.39, 0.29) is 24.7 Å². The summed E-state index contributed by atoms with van der Waals surface area (Å²) >= 11 is 0. The number of sulfonamides is 1. The highest BCUT2D eigenvalue weighted by Gasteiger charge is 2.31. The smallest absolute Gasteiger partial charge is 0.244 e. The lowest BCUT2D eigenvalue weighted by Crippen LogP contribution is -2.52. The van der Waals surface area contributed by atoms with Gasteiger partial charge in [-0.3, -0.25) is 4.79 Å². The lowest BCUT2D eigenvalue weighted by molar-refractivity contribution is -0.133. The molecule has 1 saturated heterocycles. The molecule has 1 aliphatic rings. The summed E-state index contributed by atoms with van der Waals surface area (Å²) in [6.45, 7) is 3.09. The molecule has 0 radical (unpaired) electrons. The molecule has 9 heteroatoms. The Balaban J connectivity index is 1.59. The SMILES string of the molecule is Cc1ccc(C(N)C(=O)N2CCN(S(=O)(=O)Cc3ccon3)CC2)cc1. The third kappa shape index (κ3) is 4.12. The number of carbonyl (C=O) groups is 1. The van der Waals surface area contributed by atoms with Gasteiger partial charge in [0.05, 0.1) is 5.69 Å². The van der Waals surface area contributed by atoms with E-state index in [1.807, 2.05) is 31.2 Å². The van der Waals surface area contributed by atoms with Gasteiger partial charge in [0.1, 0.15) is 18.1 Å². The zero-order valence-corrected chi connectivity index (χ0v) is 15.4. The highest BCUT2D eigenvalue weighted by atomic mass is 32.2. The fourth-order valence-corrected chi connectivity index (χ4v) is 4.31. The fourth-order valence-electron chi connectivity index (χ4n) is 2.89. The molecule has 1 aromatic heterocycles. The first-order valence-corrected chi connectivity index (χ1v) is 9.96. The zero-order valence-electron chi connectivity index (χ0n) is 14.5. The molecule has 1 amide bonds. The Kier molecular flexibility index (Phi) is 5.40. The van der Waals surface area contributed by atoms with Crippen LogP contribution in [0.1, 0.15) is 22.9 Å². The maximum absolute atomic E-state index is 12.6. The van der Waals surface area contributed by atoms with Gasteiger partial charge in [-0.1, -0.05) is 35.0 Å². The molecule has 2 N–H and O–H groups in total. The van der Waals surface area contributed by atoms with Crippen molar-refractivity contribution in [2.75, 3.05) is 26.2 Å². The number of hydrogen-bond acceptors (Lipinski definition) is 6. The number of amides is 1. The molecular weight excluding hydrogens is 356 g/mol. The quantitative estimate of drug-likeness (QED) is 0.818. The molecule has 0 aliphatic carbocycles. The Morgan fingerprint density at radius 3 is 2.42 bits per heavy atom. The first kappa shape index (κ1) is 18.6. The van der Waals surface area contributed by atoms with Gasteiger partial charge in [0.15, 0.2) is 0 Å². The summed E-state index contributed by atoms with van der Waals surface area (Å²) in [5, 5.41) is 3.64. The van der Waals surface area contributed by atoms with E-state index in [2.05, 4.69) is 9.68 Å². The minimum atomic E-state index is -3.49. The van der Waals surface area contributed by atoms with E-state index in [4.69, 9.17) is 5.73 Å². The standard InChI is InChI=1S/C17H22N4O4S/c1-13-2-4-14(5-3-13)16(18)17(22)20-7-9-21(10-8-20)26(23,24)12-15-6-11-25-19-15/h2-6,11,16H,7-10,12,18H2,1H3. The van der Waals surface area contributed by atoms with Gasteiger partial charge in [-0.15, -0.1) is 0 Å². The van der Waals surface area contributed by atoms with E-state index in [1.54, 1.807) is 4.90 Å². The highest BCUT2D eigenvalue weighted by Crippen LogP contribution is 2.17. The van der Waals surface area contributed by atoms with Gasteiger partial charge in [0, 0.05) is 32.2 Å². The van der Waals surface area contributed by atoms with E-state index >= 15 is 0 Å². The van der Waals surface area contributed by atoms with E-state index in [0.717, 1.165) is 11.1 Å². The van der Waals surface area contributed by atoms with Crippen molar-refractivity contribution in [2.24, 2.45) is 5.73 Å². The third-order valence-corrected chi connectivity index (χ3v) is 6.28. The number of aryl methyl sites for hydroxylation is 1. The molecule has 1 unspecified atom stereocenters. The van der Waals surface area contributed by atoms with Crippen LogP contribution >= 0.6 is 0 Å². The van der Waals surface area contributed by atoms with Gasteiger partial charge in [-0.25, -0.2) is 8.42 Å². The topological polar surface area (TPSA) is 110 Å². The molecular formula is C17H22N4O4S. The van der Waals surface area contributed by atoms with Gasteiger partial charge in [-0.2, -0.15) is 4.31 Å². The minimum Gasteiger partial charge on any atom is -0.364 e. The fraction of sp³-hybridized carbons (Fsp3) is 0.412. The monoisotopic (exact) mass is 378 g/mol. The summed E-state index contributed by atoms with van der Waals surface area (Å²) < 4.78 is 30.9. The number of rotatable bonds is 5. The van der Waals surface area contributed by atoms with Crippen molar-refractivity contribution in [2.45, 2.75) is 18.7 Å². The summed E-state index contributed by atoms with van der Waals surface area (Å²) in [6, 6.07) is 8.30. The van der Waals surface area contributed by atoms with Crippen molar-refractivity contribution in [3.63, 3.8) is 0 Å². The average Bonchev–Trinajstić information content (AvgIpc) is 3.13. The Bertz CT molecular complexity index is 841. The first-order valence-electron chi connectivity index (χ1n) is 8.35. The normalized spacial score (nSPS) is 17.2. The van der Waals surface area contributed by atoms with E-state index in [0.29, 0.717) is 18.8 Å². The van der Waals surface area contributed by atoms with Crippen LogP contribution in [-0.4, -0.2) is 54.9 Å². The van der Waals surface area contributed by atoms with Crippen LogP contribution in [0.25, 0.3) is 0 Å². The molecule has 1 aliphatic heterocycles. The van der Waals surface area contributed by atoms with Gasteiger partial charge in [0.25, 0.3) is 0 Å². The molecule has 0 bridgehead atoms. The van der Waals surface area contributed by atoms with E-state index < -0.39 is 16.1 Å². The summed E-state index contributed by atoms with van der Waals surface area (Å²) in [7, 11) is -3.49. The summed E-state index contributed by atoms with van der Waals surface area (Å²) in [5.41, 5.74) is 8.30. The first-order chi connectivity index (χ1) is 12.4.